The Hall–Kier alpha value is -2.56. The van der Waals surface area contributed by atoms with Crippen molar-refractivity contribution in [3.8, 4) is 11.1 Å². The van der Waals surface area contributed by atoms with Crippen LogP contribution >= 0.6 is 0 Å². The number of carbonyl (C=O) groups is 1. The predicted molar refractivity (Wildman–Crippen MR) is 114 cm³/mol. The summed E-state index contributed by atoms with van der Waals surface area (Å²) in [5.74, 6) is 0.720. The molecule has 0 saturated carbocycles. The minimum Gasteiger partial charge on any atom is -0.293 e. The van der Waals surface area contributed by atoms with Gasteiger partial charge >= 0.3 is 0 Å². The van der Waals surface area contributed by atoms with Gasteiger partial charge in [0.25, 0.3) is 0 Å². The molecule has 2 aromatic heterocycles. The molecule has 0 N–H and O–H groups in total. The third kappa shape index (κ3) is 3.98. The Bertz CT molecular complexity index is 1030. The Kier molecular flexibility index (Phi) is 4.90. The number of Topliss-reactive ketones (excluding diaryl/α,β-unsaturated/α-hetero) is 1. The van der Waals surface area contributed by atoms with E-state index in [1.165, 1.54) is 5.56 Å². The van der Waals surface area contributed by atoms with Crippen molar-refractivity contribution in [2.24, 2.45) is 5.41 Å². The molecular formula is C23H30N4O. The van der Waals surface area contributed by atoms with Crippen LogP contribution in [-0.4, -0.2) is 25.5 Å². The molecule has 3 rings (SSSR count). The van der Waals surface area contributed by atoms with Crippen molar-refractivity contribution in [3.63, 3.8) is 0 Å². The standard InChI is InChI=1S/C23H30N4O/c1-14(28)20-18-9-16(17-11-24-15(2)25-12-17)10-19(23(6,7)8)21(18)27(26-20)13-22(3,4)5/h9-12H,13H2,1-8H3. The van der Waals surface area contributed by atoms with E-state index < -0.39 is 0 Å². The first kappa shape index (κ1) is 20.2. The van der Waals surface area contributed by atoms with Crippen LogP contribution in [0.4, 0.5) is 0 Å². The fourth-order valence-electron chi connectivity index (χ4n) is 3.42. The SMILES string of the molecule is CC(=O)c1nn(CC(C)(C)C)c2c(C(C)(C)C)cc(-c3cnc(C)nc3)cc12. The van der Waals surface area contributed by atoms with E-state index in [0.717, 1.165) is 34.4 Å². The van der Waals surface area contributed by atoms with Gasteiger partial charge in [0.05, 0.1) is 5.52 Å². The minimum atomic E-state index is -0.108. The van der Waals surface area contributed by atoms with Crippen molar-refractivity contribution < 1.29 is 4.79 Å². The monoisotopic (exact) mass is 378 g/mol. The van der Waals surface area contributed by atoms with Gasteiger partial charge in [0.15, 0.2) is 5.78 Å². The summed E-state index contributed by atoms with van der Waals surface area (Å²) in [6.07, 6.45) is 3.67. The molecule has 0 aliphatic carbocycles. The predicted octanol–water partition coefficient (Wildman–Crippen LogP) is 5.35. The molecule has 0 aliphatic rings. The number of benzene rings is 1. The van der Waals surface area contributed by atoms with Gasteiger partial charge in [-0.25, -0.2) is 9.97 Å². The van der Waals surface area contributed by atoms with E-state index >= 15 is 0 Å². The van der Waals surface area contributed by atoms with Crippen LogP contribution in [0.2, 0.25) is 0 Å². The van der Waals surface area contributed by atoms with E-state index in [0.29, 0.717) is 5.69 Å². The van der Waals surface area contributed by atoms with Gasteiger partial charge in [-0.15, -0.1) is 0 Å². The minimum absolute atomic E-state index is 0.0187. The van der Waals surface area contributed by atoms with Crippen molar-refractivity contribution >= 4 is 16.7 Å². The van der Waals surface area contributed by atoms with E-state index in [1.54, 1.807) is 6.92 Å². The quantitative estimate of drug-likeness (QED) is 0.577. The smallest absolute Gasteiger partial charge is 0.180 e. The van der Waals surface area contributed by atoms with Crippen LogP contribution in [0.5, 0.6) is 0 Å². The fourth-order valence-corrected chi connectivity index (χ4v) is 3.42. The highest BCUT2D eigenvalue weighted by molar-refractivity contribution is 6.07. The summed E-state index contributed by atoms with van der Waals surface area (Å²) < 4.78 is 2.02. The van der Waals surface area contributed by atoms with Gasteiger partial charge in [-0.05, 0) is 41.0 Å². The maximum Gasteiger partial charge on any atom is 0.180 e. The molecule has 0 aliphatic heterocycles. The molecule has 148 valence electrons. The van der Waals surface area contributed by atoms with Gasteiger partial charge in [-0.1, -0.05) is 41.5 Å². The van der Waals surface area contributed by atoms with Gasteiger partial charge in [0, 0.05) is 36.8 Å². The lowest BCUT2D eigenvalue weighted by atomic mass is 9.83. The molecule has 0 atom stereocenters. The second-order valence-corrected chi connectivity index (χ2v) is 9.81. The molecule has 0 radical (unpaired) electrons. The second kappa shape index (κ2) is 6.80. The lowest BCUT2D eigenvalue weighted by Gasteiger charge is -2.24. The first-order valence-electron chi connectivity index (χ1n) is 9.72. The number of aryl methyl sites for hydroxylation is 1. The zero-order valence-corrected chi connectivity index (χ0v) is 18.2. The first-order chi connectivity index (χ1) is 12.9. The summed E-state index contributed by atoms with van der Waals surface area (Å²) in [6, 6.07) is 4.25. The molecule has 0 fully saturated rings. The molecule has 5 nitrogen and oxygen atoms in total. The molecular weight excluding hydrogens is 348 g/mol. The highest BCUT2D eigenvalue weighted by Crippen LogP contribution is 2.37. The van der Waals surface area contributed by atoms with E-state index in [1.807, 2.05) is 24.0 Å². The molecule has 0 spiro atoms. The second-order valence-electron chi connectivity index (χ2n) is 9.81. The van der Waals surface area contributed by atoms with E-state index in [4.69, 9.17) is 5.10 Å². The molecule has 1 aromatic carbocycles. The van der Waals surface area contributed by atoms with Crippen molar-refractivity contribution in [2.45, 2.75) is 67.3 Å². The van der Waals surface area contributed by atoms with Crippen LogP contribution < -0.4 is 0 Å². The highest BCUT2D eigenvalue weighted by atomic mass is 16.1. The Morgan fingerprint density at radius 1 is 1.00 bits per heavy atom. The normalized spacial score (nSPS) is 12.6. The lowest BCUT2D eigenvalue weighted by Crippen LogP contribution is -2.19. The molecule has 2 heterocycles. The number of nitrogens with zero attached hydrogens (tertiary/aromatic N) is 4. The number of aromatic nitrogens is 4. The zero-order valence-electron chi connectivity index (χ0n) is 18.2. The Labute approximate surface area is 167 Å². The maximum atomic E-state index is 12.4. The van der Waals surface area contributed by atoms with Crippen molar-refractivity contribution in [1.29, 1.82) is 0 Å². The van der Waals surface area contributed by atoms with Gasteiger partial charge < -0.3 is 0 Å². The molecule has 5 heteroatoms. The summed E-state index contributed by atoms with van der Waals surface area (Å²) in [6.45, 7) is 17.3. The maximum absolute atomic E-state index is 12.4. The summed E-state index contributed by atoms with van der Waals surface area (Å²) in [5, 5.41) is 5.64. The van der Waals surface area contributed by atoms with Crippen LogP contribution in [0.25, 0.3) is 22.0 Å². The van der Waals surface area contributed by atoms with E-state index in [9.17, 15) is 4.79 Å². The third-order valence-electron chi connectivity index (χ3n) is 4.72. The van der Waals surface area contributed by atoms with Crippen molar-refractivity contribution in [3.05, 3.63) is 41.6 Å². The van der Waals surface area contributed by atoms with Gasteiger partial charge in [-0.2, -0.15) is 5.10 Å². The number of rotatable bonds is 3. The summed E-state index contributed by atoms with van der Waals surface area (Å²) in [4.78, 5) is 21.1. The number of fused-ring (bicyclic) bond motifs is 1. The van der Waals surface area contributed by atoms with Crippen LogP contribution in [0, 0.1) is 12.3 Å². The molecule has 0 unspecified atom stereocenters. The van der Waals surface area contributed by atoms with Crippen molar-refractivity contribution in [1.82, 2.24) is 19.7 Å². The summed E-state index contributed by atoms with van der Waals surface area (Å²) in [5.41, 5.74) is 4.63. The van der Waals surface area contributed by atoms with Crippen LogP contribution in [0.3, 0.4) is 0 Å². The van der Waals surface area contributed by atoms with Crippen LogP contribution in [0.15, 0.2) is 24.5 Å². The van der Waals surface area contributed by atoms with Gasteiger partial charge in [0.2, 0.25) is 0 Å². The average Bonchev–Trinajstić information content (AvgIpc) is 2.91. The number of hydrogen-bond donors (Lipinski definition) is 0. The summed E-state index contributed by atoms with van der Waals surface area (Å²) >= 11 is 0. The number of carbonyl (C=O) groups excluding carboxylic acids is 1. The highest BCUT2D eigenvalue weighted by Gasteiger charge is 2.26. The number of hydrogen-bond acceptors (Lipinski definition) is 4. The molecule has 0 bridgehead atoms. The average molecular weight is 379 g/mol. The number of ketones is 1. The first-order valence-corrected chi connectivity index (χ1v) is 9.72. The zero-order chi connectivity index (χ0) is 20.9. The van der Waals surface area contributed by atoms with E-state index in [2.05, 4.69) is 63.6 Å². The summed E-state index contributed by atoms with van der Waals surface area (Å²) in [7, 11) is 0. The fraction of sp³-hybridized carbons (Fsp3) is 0.478. The molecule has 28 heavy (non-hydrogen) atoms. The molecule has 3 aromatic rings. The Morgan fingerprint density at radius 3 is 2.11 bits per heavy atom. The lowest BCUT2D eigenvalue weighted by molar-refractivity contribution is 0.101. The third-order valence-corrected chi connectivity index (χ3v) is 4.72. The molecule has 0 amide bonds. The van der Waals surface area contributed by atoms with Gasteiger partial charge in [-0.3, -0.25) is 9.48 Å². The Morgan fingerprint density at radius 2 is 1.61 bits per heavy atom. The van der Waals surface area contributed by atoms with Crippen molar-refractivity contribution in [2.75, 3.05) is 0 Å². The van der Waals surface area contributed by atoms with Gasteiger partial charge in [0.1, 0.15) is 11.5 Å². The Balaban J connectivity index is 2.38. The largest absolute Gasteiger partial charge is 0.293 e. The van der Waals surface area contributed by atoms with Crippen LogP contribution in [0.1, 0.15) is 70.3 Å². The van der Waals surface area contributed by atoms with Crippen LogP contribution in [-0.2, 0) is 12.0 Å². The topological polar surface area (TPSA) is 60.7 Å². The van der Waals surface area contributed by atoms with E-state index in [-0.39, 0.29) is 16.6 Å². The molecule has 0 saturated heterocycles.